The third-order valence-corrected chi connectivity index (χ3v) is 6.93. The van der Waals surface area contributed by atoms with Crippen molar-refractivity contribution < 1.29 is 36.8 Å². The lowest BCUT2D eigenvalue weighted by molar-refractivity contribution is -0.192. The maximum Gasteiger partial charge on any atom is 0.490 e. The van der Waals surface area contributed by atoms with Crippen LogP contribution in [0.1, 0.15) is 30.1 Å². The van der Waals surface area contributed by atoms with E-state index in [0.717, 1.165) is 24.0 Å². The van der Waals surface area contributed by atoms with Crippen molar-refractivity contribution in [2.75, 3.05) is 30.2 Å². The lowest BCUT2D eigenvalue weighted by Crippen LogP contribution is -2.44. The summed E-state index contributed by atoms with van der Waals surface area (Å²) in [4.78, 5) is 55.7. The topological polar surface area (TPSA) is 172 Å². The summed E-state index contributed by atoms with van der Waals surface area (Å²) in [5.74, 6) is 3.25. The van der Waals surface area contributed by atoms with E-state index in [2.05, 4.69) is 16.8 Å². The van der Waals surface area contributed by atoms with Crippen molar-refractivity contribution in [3.8, 4) is 17.6 Å². The Hall–Kier alpha value is -4.43. The van der Waals surface area contributed by atoms with Crippen LogP contribution in [0.25, 0.3) is 11.2 Å². The zero-order valence-corrected chi connectivity index (χ0v) is 24.9. The Morgan fingerprint density at radius 2 is 1.89 bits per heavy atom. The predicted molar refractivity (Wildman–Crippen MR) is 156 cm³/mol. The monoisotopic (exact) mass is 640 g/mol. The van der Waals surface area contributed by atoms with Gasteiger partial charge in [0.25, 0.3) is 5.56 Å². The molecule has 44 heavy (non-hydrogen) atoms. The van der Waals surface area contributed by atoms with Gasteiger partial charge in [0.15, 0.2) is 22.9 Å². The molecule has 1 aromatic carbocycles. The van der Waals surface area contributed by atoms with Crippen LogP contribution in [-0.2, 0) is 35.7 Å². The van der Waals surface area contributed by atoms with Crippen molar-refractivity contribution in [2.45, 2.75) is 45.1 Å². The second kappa shape index (κ2) is 14.4. The lowest BCUT2D eigenvalue weighted by Gasteiger charge is -2.31. The van der Waals surface area contributed by atoms with Gasteiger partial charge in [-0.2, -0.15) is 18.2 Å². The first-order valence-corrected chi connectivity index (χ1v) is 14.8. The molecule has 3 heterocycles. The highest BCUT2D eigenvalue weighted by molar-refractivity contribution is 7.84. The Balaban J connectivity index is 0.000000676. The number of aliphatic carboxylic acids is 1. The number of carboxylic acids is 1. The van der Waals surface area contributed by atoms with E-state index in [-0.39, 0.29) is 41.0 Å². The number of rotatable bonds is 8. The third kappa shape index (κ3) is 7.94. The number of alkyl halides is 3. The van der Waals surface area contributed by atoms with Gasteiger partial charge in [0.1, 0.15) is 5.75 Å². The van der Waals surface area contributed by atoms with E-state index in [1.807, 2.05) is 4.90 Å². The number of ether oxygens (including phenoxy) is 1. The zero-order valence-electron chi connectivity index (χ0n) is 24.1. The smallest absolute Gasteiger partial charge is 0.480 e. The molecule has 1 fully saturated rings. The maximum absolute atomic E-state index is 13.7. The summed E-state index contributed by atoms with van der Waals surface area (Å²) in [7, 11) is 0.287. The van der Waals surface area contributed by atoms with Crippen molar-refractivity contribution >= 4 is 39.7 Å². The summed E-state index contributed by atoms with van der Waals surface area (Å²) >= 11 is 0. The molecule has 1 saturated heterocycles. The molecule has 0 amide bonds. The van der Waals surface area contributed by atoms with Gasteiger partial charge in [-0.25, -0.2) is 9.59 Å². The molecule has 0 bridgehead atoms. The van der Waals surface area contributed by atoms with E-state index in [0.29, 0.717) is 12.5 Å². The number of benzene rings is 1. The fraction of sp³-hybridized carbons (Fsp3) is 0.444. The van der Waals surface area contributed by atoms with Crippen LogP contribution in [0.15, 0.2) is 33.9 Å². The summed E-state index contributed by atoms with van der Waals surface area (Å²) in [6.45, 7) is 2.70. The number of carbonyl (C=O) groups excluding carboxylic acids is 1. The number of halogens is 3. The van der Waals surface area contributed by atoms with Crippen LogP contribution in [0.3, 0.4) is 0 Å². The number of ketones is 1. The largest absolute Gasteiger partial charge is 0.490 e. The van der Waals surface area contributed by atoms with E-state index < -0.39 is 46.5 Å². The minimum absolute atomic E-state index is 0.0233. The van der Waals surface area contributed by atoms with Crippen molar-refractivity contribution in [1.82, 2.24) is 18.7 Å². The summed E-state index contributed by atoms with van der Waals surface area (Å²) < 4.78 is 52.6. The van der Waals surface area contributed by atoms with Crippen LogP contribution >= 0.6 is 0 Å². The summed E-state index contributed by atoms with van der Waals surface area (Å²) in [6, 6.07) is 6.44. The SMILES string of the molecule is CC#CCn1c(N2CCCC(N)C2)nc2c1c(=O)n(CC(=O)c1ccccc1OCS(C)=O)c(=O)n2C.O=C(O)C(F)(F)F. The average molecular weight is 641 g/mol. The second-order valence-corrected chi connectivity index (χ2v) is 11.1. The molecule has 0 aliphatic carbocycles. The molecule has 2 unspecified atom stereocenters. The Labute approximate surface area is 251 Å². The molecule has 3 N–H and O–H groups in total. The van der Waals surface area contributed by atoms with E-state index >= 15 is 0 Å². The normalized spacial score (nSPS) is 15.5. The van der Waals surface area contributed by atoms with E-state index in [4.69, 9.17) is 20.4 Å². The van der Waals surface area contributed by atoms with Crippen molar-refractivity contribution in [3.05, 3.63) is 50.7 Å². The molecule has 2 atom stereocenters. The number of nitrogens with two attached hydrogens (primary N) is 1. The molecule has 17 heteroatoms. The molecular formula is C27H31F3N6O7S. The van der Waals surface area contributed by atoms with Crippen LogP contribution in [0, 0.1) is 11.8 Å². The fourth-order valence-electron chi connectivity index (χ4n) is 4.44. The number of carboxylic acid groups (broad SMARTS) is 1. The summed E-state index contributed by atoms with van der Waals surface area (Å²) in [5, 5.41) is 7.12. The van der Waals surface area contributed by atoms with Crippen LogP contribution in [-0.4, -0.2) is 77.3 Å². The van der Waals surface area contributed by atoms with Crippen LogP contribution in [0.2, 0.25) is 0 Å². The van der Waals surface area contributed by atoms with Crippen LogP contribution in [0.4, 0.5) is 19.1 Å². The number of carbonyl (C=O) groups is 2. The van der Waals surface area contributed by atoms with Gasteiger partial charge in [0.2, 0.25) is 5.95 Å². The number of nitrogens with zero attached hydrogens (tertiary/aromatic N) is 5. The molecular weight excluding hydrogens is 609 g/mol. The van der Waals surface area contributed by atoms with Gasteiger partial charge in [-0.05, 0) is 31.9 Å². The van der Waals surface area contributed by atoms with Crippen molar-refractivity contribution in [2.24, 2.45) is 12.8 Å². The first-order valence-electron chi connectivity index (χ1n) is 13.1. The highest BCUT2D eigenvalue weighted by Crippen LogP contribution is 2.23. The molecule has 1 aliphatic rings. The van der Waals surface area contributed by atoms with Crippen LogP contribution in [0.5, 0.6) is 5.75 Å². The van der Waals surface area contributed by atoms with E-state index in [1.54, 1.807) is 35.8 Å². The third-order valence-electron chi connectivity index (χ3n) is 6.48. The van der Waals surface area contributed by atoms with Gasteiger partial charge in [0.05, 0.1) is 29.5 Å². The number of hydrogen-bond acceptors (Lipinski definition) is 9. The molecule has 13 nitrogen and oxygen atoms in total. The van der Waals surface area contributed by atoms with Gasteiger partial charge in [-0.3, -0.25) is 27.5 Å². The molecule has 3 aromatic rings. The Kier molecular flexibility index (Phi) is 11.1. The number of para-hydroxylation sites is 1. The first kappa shape index (κ1) is 34.1. The van der Waals surface area contributed by atoms with Crippen molar-refractivity contribution in [1.29, 1.82) is 0 Å². The number of aromatic nitrogens is 4. The average Bonchev–Trinajstić information content (AvgIpc) is 3.35. The summed E-state index contributed by atoms with van der Waals surface area (Å²) in [5.41, 5.74) is 5.50. The Morgan fingerprint density at radius 3 is 2.48 bits per heavy atom. The summed E-state index contributed by atoms with van der Waals surface area (Å²) in [6.07, 6.45) is -1.81. The predicted octanol–water partition coefficient (Wildman–Crippen LogP) is 1.08. The molecule has 0 saturated carbocycles. The second-order valence-electron chi connectivity index (χ2n) is 9.74. The van der Waals surface area contributed by atoms with E-state index in [9.17, 15) is 31.8 Å². The molecule has 238 valence electrons. The van der Waals surface area contributed by atoms with Gasteiger partial charge < -0.3 is 20.5 Å². The number of anilines is 1. The first-order chi connectivity index (χ1) is 20.7. The minimum Gasteiger partial charge on any atom is -0.480 e. The fourth-order valence-corrected chi connectivity index (χ4v) is 4.73. The quantitative estimate of drug-likeness (QED) is 0.268. The van der Waals surface area contributed by atoms with Gasteiger partial charge >= 0.3 is 17.8 Å². The van der Waals surface area contributed by atoms with Gasteiger partial charge in [-0.1, -0.05) is 18.1 Å². The number of piperidine rings is 1. The molecule has 2 aromatic heterocycles. The molecule has 0 spiro atoms. The number of Topliss-reactive ketones (excluding diaryl/α,β-unsaturated/α-hetero) is 1. The van der Waals surface area contributed by atoms with E-state index in [1.165, 1.54) is 17.9 Å². The molecule has 1 aliphatic heterocycles. The van der Waals surface area contributed by atoms with Crippen LogP contribution < -0.4 is 26.6 Å². The van der Waals surface area contributed by atoms with Gasteiger partial charge in [0, 0.05) is 32.4 Å². The number of imidazole rings is 1. The Bertz CT molecular complexity index is 1750. The van der Waals surface area contributed by atoms with Gasteiger partial charge in [-0.15, -0.1) is 5.92 Å². The molecule has 4 rings (SSSR count). The lowest BCUT2D eigenvalue weighted by atomic mass is 10.1. The minimum atomic E-state index is -5.08. The highest BCUT2D eigenvalue weighted by atomic mass is 32.2. The zero-order chi connectivity index (χ0) is 32.8. The maximum atomic E-state index is 13.7. The number of hydrogen-bond donors (Lipinski definition) is 2. The highest BCUT2D eigenvalue weighted by Gasteiger charge is 2.38. The Morgan fingerprint density at radius 1 is 1.23 bits per heavy atom. The number of aryl methyl sites for hydroxylation is 1. The number of fused-ring (bicyclic) bond motifs is 1. The molecule has 0 radical (unpaired) electrons. The standard InChI is InChI=1S/C25H30N6O5S.C2HF3O2/c1-4-5-13-30-21-22(27-24(30)29-12-8-9-17(26)14-29)28(2)25(34)31(23(21)33)15-19(32)18-10-6-7-11-20(18)36-16-37(3)35;3-2(4,5)1(6)7/h6-7,10-11,17H,8-9,12-16,26H2,1-3H3;(H,6,7). The van der Waals surface area contributed by atoms with Crippen molar-refractivity contribution in [3.63, 3.8) is 0 Å².